The summed E-state index contributed by atoms with van der Waals surface area (Å²) >= 11 is 0. The first-order valence-electron chi connectivity index (χ1n) is 6.74. The van der Waals surface area contributed by atoms with Gasteiger partial charge in [0.1, 0.15) is 11.8 Å². The van der Waals surface area contributed by atoms with Gasteiger partial charge >= 0.3 is 5.97 Å². The van der Waals surface area contributed by atoms with E-state index in [2.05, 4.69) is 5.32 Å². The van der Waals surface area contributed by atoms with E-state index in [9.17, 15) is 9.59 Å². The molecule has 22 heavy (non-hydrogen) atoms. The van der Waals surface area contributed by atoms with Crippen molar-refractivity contribution >= 4 is 11.9 Å². The molecule has 6 nitrogen and oxygen atoms in total. The van der Waals surface area contributed by atoms with E-state index in [0.29, 0.717) is 11.3 Å². The first-order valence-corrected chi connectivity index (χ1v) is 6.74. The highest BCUT2D eigenvalue weighted by Crippen LogP contribution is 2.15. The first-order chi connectivity index (χ1) is 10.6. The second-order valence-corrected chi connectivity index (χ2v) is 4.73. The number of ether oxygens (including phenoxy) is 1. The van der Waals surface area contributed by atoms with Crippen molar-refractivity contribution in [3.05, 3.63) is 59.5 Å². The first kappa shape index (κ1) is 15.8. The molecule has 1 heterocycles. The molecule has 2 rings (SSSR count). The van der Waals surface area contributed by atoms with Crippen LogP contribution in [0, 0.1) is 0 Å². The van der Waals surface area contributed by atoms with Crippen LogP contribution in [0.4, 0.5) is 0 Å². The van der Waals surface area contributed by atoms with Gasteiger partial charge in [0.2, 0.25) is 5.91 Å². The number of rotatable bonds is 7. The van der Waals surface area contributed by atoms with Gasteiger partial charge in [0.15, 0.2) is 0 Å². The molecule has 0 aliphatic rings. The van der Waals surface area contributed by atoms with Crippen LogP contribution in [0.1, 0.15) is 27.7 Å². The predicted octanol–water partition coefficient (Wildman–Crippen LogP) is 2.02. The van der Waals surface area contributed by atoms with Gasteiger partial charge in [-0.3, -0.25) is 4.79 Å². The number of hydrogen-bond donors (Lipinski definition) is 2. The zero-order chi connectivity index (χ0) is 15.9. The number of carboxylic acids is 1. The highest BCUT2D eigenvalue weighted by molar-refractivity contribution is 5.91. The molecule has 2 N–H and O–H groups in total. The minimum atomic E-state index is -1.05. The van der Waals surface area contributed by atoms with Crippen molar-refractivity contribution in [3.63, 3.8) is 0 Å². The normalized spacial score (nSPS) is 11.9. The number of benzene rings is 1. The maximum absolute atomic E-state index is 12.2. The lowest BCUT2D eigenvalue weighted by molar-refractivity contribution is -0.121. The number of carbonyl (C=O) groups excluding carboxylic acids is 1. The molecule has 0 saturated carbocycles. The third kappa shape index (κ3) is 3.95. The maximum atomic E-state index is 12.2. The van der Waals surface area contributed by atoms with E-state index >= 15 is 0 Å². The summed E-state index contributed by atoms with van der Waals surface area (Å²) in [6.07, 6.45) is 1.49. The Hall–Kier alpha value is -2.60. The highest BCUT2D eigenvalue weighted by atomic mass is 16.5. The van der Waals surface area contributed by atoms with Crippen LogP contribution in [0.3, 0.4) is 0 Å². The van der Waals surface area contributed by atoms with Gasteiger partial charge < -0.3 is 19.6 Å². The van der Waals surface area contributed by atoms with E-state index in [0.717, 1.165) is 0 Å². The van der Waals surface area contributed by atoms with E-state index in [4.69, 9.17) is 14.3 Å². The molecule has 1 aromatic heterocycles. The molecule has 1 atom stereocenters. The van der Waals surface area contributed by atoms with Crippen molar-refractivity contribution in [2.24, 2.45) is 0 Å². The zero-order valence-corrected chi connectivity index (χ0v) is 12.1. The minimum absolute atomic E-state index is 0.0244. The van der Waals surface area contributed by atoms with Gasteiger partial charge in [-0.15, -0.1) is 0 Å². The van der Waals surface area contributed by atoms with E-state index in [1.807, 2.05) is 0 Å². The summed E-state index contributed by atoms with van der Waals surface area (Å²) < 4.78 is 10.3. The molecule has 0 aliphatic heterocycles. The van der Waals surface area contributed by atoms with Gasteiger partial charge in [0, 0.05) is 7.11 Å². The SMILES string of the molecule is COCC(NC(=O)Cc1ccccc1C(=O)O)c1ccco1. The zero-order valence-electron chi connectivity index (χ0n) is 12.1. The van der Waals surface area contributed by atoms with Crippen molar-refractivity contribution in [1.82, 2.24) is 5.32 Å². The van der Waals surface area contributed by atoms with Crippen LogP contribution in [0.2, 0.25) is 0 Å². The van der Waals surface area contributed by atoms with Gasteiger partial charge in [-0.2, -0.15) is 0 Å². The van der Waals surface area contributed by atoms with Crippen LogP contribution in [-0.4, -0.2) is 30.7 Å². The van der Waals surface area contributed by atoms with Gasteiger partial charge in [-0.05, 0) is 23.8 Å². The summed E-state index contributed by atoms with van der Waals surface area (Å²) in [4.78, 5) is 23.3. The fourth-order valence-electron chi connectivity index (χ4n) is 2.15. The lowest BCUT2D eigenvalue weighted by atomic mass is 10.0. The second kappa shape index (κ2) is 7.42. The average Bonchev–Trinajstić information content (AvgIpc) is 3.01. The number of nitrogens with one attached hydrogen (secondary N) is 1. The molecule has 0 aliphatic carbocycles. The van der Waals surface area contributed by atoms with Crippen LogP contribution < -0.4 is 5.32 Å². The second-order valence-electron chi connectivity index (χ2n) is 4.73. The monoisotopic (exact) mass is 303 g/mol. The molecule has 2 aromatic rings. The topological polar surface area (TPSA) is 88.8 Å². The Morgan fingerprint density at radius 1 is 1.27 bits per heavy atom. The molecule has 116 valence electrons. The fourth-order valence-corrected chi connectivity index (χ4v) is 2.15. The van der Waals surface area contributed by atoms with Crippen LogP contribution >= 0.6 is 0 Å². The van der Waals surface area contributed by atoms with Crippen molar-refractivity contribution < 1.29 is 23.8 Å². The van der Waals surface area contributed by atoms with Crippen LogP contribution in [-0.2, 0) is 16.0 Å². The molecule has 1 aromatic carbocycles. The Morgan fingerprint density at radius 2 is 2.05 bits per heavy atom. The van der Waals surface area contributed by atoms with Crippen molar-refractivity contribution in [2.75, 3.05) is 13.7 Å². The Labute approximate surface area is 127 Å². The lowest BCUT2D eigenvalue weighted by Crippen LogP contribution is -2.32. The summed E-state index contributed by atoms with van der Waals surface area (Å²) in [7, 11) is 1.53. The third-order valence-electron chi connectivity index (χ3n) is 3.15. The number of carbonyl (C=O) groups is 2. The number of amides is 1. The number of hydrogen-bond acceptors (Lipinski definition) is 4. The largest absolute Gasteiger partial charge is 0.478 e. The number of carboxylic acid groups (broad SMARTS) is 1. The smallest absolute Gasteiger partial charge is 0.335 e. The maximum Gasteiger partial charge on any atom is 0.335 e. The Kier molecular flexibility index (Phi) is 5.32. The Bertz CT molecular complexity index is 636. The predicted molar refractivity (Wildman–Crippen MR) is 78.6 cm³/mol. The summed E-state index contributed by atoms with van der Waals surface area (Å²) in [6.45, 7) is 0.264. The number of furan rings is 1. The van der Waals surface area contributed by atoms with Gasteiger partial charge in [0.05, 0.1) is 24.9 Å². The van der Waals surface area contributed by atoms with E-state index in [1.54, 1.807) is 30.3 Å². The van der Waals surface area contributed by atoms with E-state index in [-0.39, 0.29) is 24.5 Å². The fraction of sp³-hybridized carbons (Fsp3) is 0.250. The van der Waals surface area contributed by atoms with Crippen molar-refractivity contribution in [1.29, 1.82) is 0 Å². The van der Waals surface area contributed by atoms with Crippen molar-refractivity contribution in [3.8, 4) is 0 Å². The van der Waals surface area contributed by atoms with Gasteiger partial charge in [-0.25, -0.2) is 4.79 Å². The quantitative estimate of drug-likeness (QED) is 0.817. The van der Waals surface area contributed by atoms with Gasteiger partial charge in [0.25, 0.3) is 0 Å². The summed E-state index contributed by atoms with van der Waals surface area (Å²) in [5, 5.41) is 11.9. The van der Waals surface area contributed by atoms with Crippen LogP contribution in [0.25, 0.3) is 0 Å². The van der Waals surface area contributed by atoms with Crippen molar-refractivity contribution in [2.45, 2.75) is 12.5 Å². The third-order valence-corrected chi connectivity index (χ3v) is 3.15. The summed E-state index contributed by atoms with van der Waals surface area (Å²) in [5.41, 5.74) is 0.585. The average molecular weight is 303 g/mol. The molecule has 0 saturated heterocycles. The molecule has 6 heteroatoms. The standard InChI is InChI=1S/C16H17NO5/c1-21-10-13(14-7-4-8-22-14)17-15(18)9-11-5-2-3-6-12(11)16(19)20/h2-8,13H,9-10H2,1H3,(H,17,18)(H,19,20). The summed E-state index contributed by atoms with van der Waals surface area (Å²) in [6, 6.07) is 9.49. The minimum Gasteiger partial charge on any atom is -0.478 e. The molecule has 0 fully saturated rings. The highest BCUT2D eigenvalue weighted by Gasteiger charge is 2.19. The molecule has 1 unspecified atom stereocenters. The number of methoxy groups -OCH3 is 1. The molecular weight excluding hydrogens is 286 g/mol. The lowest BCUT2D eigenvalue weighted by Gasteiger charge is -2.16. The van der Waals surface area contributed by atoms with E-state index < -0.39 is 12.0 Å². The Balaban J connectivity index is 2.07. The molecule has 0 bridgehead atoms. The van der Waals surface area contributed by atoms with Gasteiger partial charge in [-0.1, -0.05) is 18.2 Å². The molecule has 0 radical (unpaired) electrons. The summed E-state index contributed by atoms with van der Waals surface area (Å²) in [5.74, 6) is -0.767. The number of aromatic carboxylic acids is 1. The van der Waals surface area contributed by atoms with E-state index in [1.165, 1.54) is 19.4 Å². The van der Waals surface area contributed by atoms with Crippen LogP contribution in [0.5, 0.6) is 0 Å². The molecule has 1 amide bonds. The molecule has 0 spiro atoms. The van der Waals surface area contributed by atoms with Crippen LogP contribution in [0.15, 0.2) is 47.1 Å². The molecular formula is C16H17NO5. The Morgan fingerprint density at radius 3 is 2.68 bits per heavy atom.